The minimum Gasteiger partial charge on any atom is -0.493 e. The van der Waals surface area contributed by atoms with E-state index < -0.39 is 57.3 Å². The normalized spacial score (nSPS) is 11.8. The number of hydrogen-bond acceptors (Lipinski definition) is 10. The fourth-order valence-electron chi connectivity index (χ4n) is 3.22. The Morgan fingerprint density at radius 3 is 2.02 bits per heavy atom. The summed E-state index contributed by atoms with van der Waals surface area (Å²) in [6, 6.07) is 2.93. The summed E-state index contributed by atoms with van der Waals surface area (Å²) in [4.78, 5) is 16.2. The minimum atomic E-state index is -4.73. The average molecular weight is 617 g/mol. The molecule has 1 heterocycles. The first-order chi connectivity index (χ1) is 19.0. The van der Waals surface area contributed by atoms with Crippen LogP contribution in [-0.4, -0.2) is 70.7 Å². The van der Waals surface area contributed by atoms with E-state index in [9.17, 15) is 39.2 Å². The Morgan fingerprint density at radius 2 is 1.54 bits per heavy atom. The van der Waals surface area contributed by atoms with Gasteiger partial charge in [0.15, 0.2) is 27.9 Å². The second kappa shape index (κ2) is 13.0. The molecule has 0 aliphatic carbocycles. The molecule has 0 aliphatic heterocycles. The topological polar surface area (TPSA) is 126 Å². The Morgan fingerprint density at radius 1 is 0.927 bits per heavy atom. The number of halogens is 7. The number of aromatic nitrogens is 2. The molecule has 1 aromatic heterocycles. The van der Waals surface area contributed by atoms with Crippen LogP contribution in [0.4, 0.5) is 42.2 Å². The number of methoxy groups -OCH3 is 3. The van der Waals surface area contributed by atoms with Crippen LogP contribution < -0.4 is 24.3 Å². The maximum Gasteiger partial charge on any atom is 0.446 e. The standard InChI is InChI=1S/C21H21F4N3O6S.C2HF3O/c1-5-35(29,30)16-8-12(14(6-11(16)22)34-9-21(23,24)25)28-20-17-13(26-10-27-20)7-15(31-2)18(32-3)19(17)33-4;3-2(4,5)1-6/h6-8,10H,5,9H2,1-4H3,(H,26,27,28);1H. The minimum absolute atomic E-state index is 0.00360. The van der Waals surface area contributed by atoms with Crippen LogP contribution in [0.5, 0.6) is 23.0 Å². The number of hydrogen-bond donors (Lipinski definition) is 1. The summed E-state index contributed by atoms with van der Waals surface area (Å²) in [5.74, 6) is -1.68. The molecule has 10 nitrogen and oxygen atoms in total. The lowest BCUT2D eigenvalue weighted by Gasteiger charge is -2.19. The number of ether oxygens (including phenoxy) is 4. The van der Waals surface area contributed by atoms with Gasteiger partial charge >= 0.3 is 12.4 Å². The quantitative estimate of drug-likeness (QED) is 0.258. The zero-order chi connectivity index (χ0) is 31.2. The van der Waals surface area contributed by atoms with Gasteiger partial charge in [0.1, 0.15) is 28.6 Å². The van der Waals surface area contributed by atoms with E-state index in [1.807, 2.05) is 0 Å². The van der Waals surface area contributed by atoms with Gasteiger partial charge in [0.25, 0.3) is 0 Å². The monoisotopic (exact) mass is 617 g/mol. The summed E-state index contributed by atoms with van der Waals surface area (Å²) in [5.41, 5.74) is 0.0257. The summed E-state index contributed by atoms with van der Waals surface area (Å²) in [6.45, 7) is -0.432. The van der Waals surface area contributed by atoms with Gasteiger partial charge in [0.2, 0.25) is 12.0 Å². The number of alkyl halides is 6. The Bertz CT molecular complexity index is 1500. The summed E-state index contributed by atoms with van der Waals surface area (Å²) in [5, 5.41) is 2.96. The summed E-state index contributed by atoms with van der Waals surface area (Å²) in [7, 11) is 0.0508. The number of anilines is 2. The van der Waals surface area contributed by atoms with Crippen LogP contribution in [0.25, 0.3) is 10.9 Å². The number of carbonyl (C=O) groups excluding carboxylic acids is 1. The average Bonchev–Trinajstić information content (AvgIpc) is 2.91. The van der Waals surface area contributed by atoms with Gasteiger partial charge in [-0.2, -0.15) is 26.3 Å². The lowest BCUT2D eigenvalue weighted by molar-refractivity contribution is -0.156. The predicted molar refractivity (Wildman–Crippen MR) is 130 cm³/mol. The molecule has 0 aliphatic rings. The van der Waals surface area contributed by atoms with E-state index in [1.165, 1.54) is 34.3 Å². The predicted octanol–water partition coefficient (Wildman–Crippen LogP) is 5.02. The Labute approximate surface area is 228 Å². The molecule has 0 unspecified atom stereocenters. The first-order valence-corrected chi connectivity index (χ1v) is 12.7. The van der Waals surface area contributed by atoms with Gasteiger partial charge in [-0.25, -0.2) is 22.8 Å². The molecule has 0 radical (unpaired) electrons. The number of carbonyl (C=O) groups is 1. The molecule has 0 saturated heterocycles. The van der Waals surface area contributed by atoms with Crippen LogP contribution in [0.3, 0.4) is 0 Å². The van der Waals surface area contributed by atoms with Crippen molar-refractivity contribution in [2.45, 2.75) is 24.2 Å². The molecule has 3 rings (SSSR count). The van der Waals surface area contributed by atoms with Crippen molar-refractivity contribution in [2.75, 3.05) is 39.0 Å². The van der Waals surface area contributed by atoms with Gasteiger partial charge in [-0.05, 0) is 6.07 Å². The van der Waals surface area contributed by atoms with Crippen molar-refractivity contribution >= 4 is 38.5 Å². The van der Waals surface area contributed by atoms with Gasteiger partial charge in [0, 0.05) is 12.1 Å². The van der Waals surface area contributed by atoms with Crippen LogP contribution in [0.15, 0.2) is 29.4 Å². The molecule has 226 valence electrons. The van der Waals surface area contributed by atoms with Crippen molar-refractivity contribution < 1.29 is 62.9 Å². The molecular weight excluding hydrogens is 595 g/mol. The van der Waals surface area contributed by atoms with Gasteiger partial charge in [-0.3, -0.25) is 4.79 Å². The van der Waals surface area contributed by atoms with Crippen LogP contribution >= 0.6 is 0 Å². The third-order valence-corrected chi connectivity index (χ3v) is 6.70. The van der Waals surface area contributed by atoms with E-state index in [0.29, 0.717) is 11.6 Å². The first kappa shape index (κ1) is 33.1. The number of nitrogens with zero attached hydrogens (tertiary/aromatic N) is 2. The number of fused-ring (bicyclic) bond motifs is 1. The molecule has 0 spiro atoms. The van der Waals surface area contributed by atoms with Crippen LogP contribution in [0.1, 0.15) is 6.92 Å². The molecule has 0 saturated carbocycles. The van der Waals surface area contributed by atoms with Crippen molar-refractivity contribution in [1.29, 1.82) is 0 Å². The van der Waals surface area contributed by atoms with Crippen molar-refractivity contribution in [2.24, 2.45) is 0 Å². The van der Waals surface area contributed by atoms with E-state index in [1.54, 1.807) is 0 Å². The lowest BCUT2D eigenvalue weighted by atomic mass is 10.1. The fraction of sp³-hybridized carbons (Fsp3) is 0.348. The highest BCUT2D eigenvalue weighted by Gasteiger charge is 2.30. The van der Waals surface area contributed by atoms with E-state index in [4.69, 9.17) is 23.7 Å². The smallest absolute Gasteiger partial charge is 0.446 e. The van der Waals surface area contributed by atoms with Gasteiger partial charge in [-0.15, -0.1) is 0 Å². The maximum absolute atomic E-state index is 14.6. The Hall–Kier alpha value is -4.09. The van der Waals surface area contributed by atoms with Crippen molar-refractivity contribution in [3.05, 3.63) is 30.3 Å². The van der Waals surface area contributed by atoms with Gasteiger partial charge in [0.05, 0.1) is 43.7 Å². The van der Waals surface area contributed by atoms with Crippen molar-refractivity contribution in [3.63, 3.8) is 0 Å². The third-order valence-electron chi connectivity index (χ3n) is 4.96. The van der Waals surface area contributed by atoms with Gasteiger partial charge in [-0.1, -0.05) is 6.92 Å². The van der Waals surface area contributed by atoms with Crippen molar-refractivity contribution in [1.82, 2.24) is 9.97 Å². The van der Waals surface area contributed by atoms with E-state index in [0.717, 1.165) is 12.4 Å². The fourth-order valence-corrected chi connectivity index (χ4v) is 4.18. The molecule has 2 aromatic carbocycles. The zero-order valence-corrected chi connectivity index (χ0v) is 22.4. The van der Waals surface area contributed by atoms with E-state index in [2.05, 4.69) is 15.3 Å². The van der Waals surface area contributed by atoms with Crippen LogP contribution in [0.2, 0.25) is 0 Å². The van der Waals surface area contributed by atoms with E-state index >= 15 is 0 Å². The van der Waals surface area contributed by atoms with Gasteiger partial charge < -0.3 is 24.3 Å². The highest BCUT2D eigenvalue weighted by atomic mass is 32.2. The summed E-state index contributed by atoms with van der Waals surface area (Å²) >= 11 is 0. The number of aldehydes is 1. The number of nitrogens with one attached hydrogen (secondary N) is 1. The summed E-state index contributed by atoms with van der Waals surface area (Å²) in [6.07, 6.45) is -9.27. The molecule has 18 heteroatoms. The molecule has 0 amide bonds. The first-order valence-electron chi connectivity index (χ1n) is 11.0. The highest BCUT2D eigenvalue weighted by Crippen LogP contribution is 2.46. The van der Waals surface area contributed by atoms with Crippen LogP contribution in [-0.2, 0) is 14.6 Å². The molecule has 0 atom stereocenters. The molecular formula is C23H22F7N3O7S. The highest BCUT2D eigenvalue weighted by molar-refractivity contribution is 7.91. The Balaban J connectivity index is 0.000000883. The maximum atomic E-state index is 14.6. The second-order valence-electron chi connectivity index (χ2n) is 7.63. The lowest BCUT2D eigenvalue weighted by Crippen LogP contribution is -2.20. The molecule has 0 bridgehead atoms. The second-order valence-corrected chi connectivity index (χ2v) is 9.88. The number of sulfone groups is 1. The molecule has 3 aromatic rings. The molecule has 1 N–H and O–H groups in total. The zero-order valence-electron chi connectivity index (χ0n) is 21.6. The summed E-state index contributed by atoms with van der Waals surface area (Å²) < 4.78 is 130. The largest absolute Gasteiger partial charge is 0.493 e. The molecule has 41 heavy (non-hydrogen) atoms. The number of rotatable bonds is 9. The van der Waals surface area contributed by atoms with Crippen molar-refractivity contribution in [3.8, 4) is 23.0 Å². The molecule has 0 fully saturated rings. The van der Waals surface area contributed by atoms with Crippen LogP contribution in [0, 0.1) is 5.82 Å². The van der Waals surface area contributed by atoms with E-state index in [-0.39, 0.29) is 34.1 Å². The third kappa shape index (κ3) is 8.45. The SMILES string of the molecule is CCS(=O)(=O)c1cc(Nc2ncnc3cc(OC)c(OC)c(OC)c23)c(OCC(F)(F)F)cc1F.O=CC(F)(F)F. The Kier molecular flexibility index (Phi) is 10.5. The number of benzene rings is 2.